The zero-order chi connectivity index (χ0) is 17.4. The lowest BCUT2D eigenvalue weighted by molar-refractivity contribution is -0.125. The predicted octanol–water partition coefficient (Wildman–Crippen LogP) is 2.27. The molecule has 0 saturated heterocycles. The van der Waals surface area contributed by atoms with Crippen LogP contribution >= 0.6 is 0 Å². The molecule has 1 fully saturated rings. The van der Waals surface area contributed by atoms with Crippen molar-refractivity contribution in [3.05, 3.63) is 36.0 Å². The van der Waals surface area contributed by atoms with E-state index in [0.29, 0.717) is 11.5 Å². The van der Waals surface area contributed by atoms with Gasteiger partial charge in [-0.15, -0.1) is 0 Å². The number of carbonyl (C=O) groups excluding carboxylic acids is 1. The van der Waals surface area contributed by atoms with E-state index in [1.165, 1.54) is 0 Å². The monoisotopic (exact) mass is 330 g/mol. The smallest absolute Gasteiger partial charge is 0.232 e. The third-order valence-corrected chi connectivity index (χ3v) is 4.39. The molecule has 0 aliphatic heterocycles. The first kappa shape index (κ1) is 16.5. The van der Waals surface area contributed by atoms with E-state index in [4.69, 9.17) is 9.26 Å². The first-order valence-corrected chi connectivity index (χ1v) is 7.95. The Kier molecular flexibility index (Phi) is 4.09. The van der Waals surface area contributed by atoms with Crippen molar-refractivity contribution in [2.75, 3.05) is 13.7 Å². The molecular formula is C18H22N2O4. The van der Waals surface area contributed by atoms with E-state index < -0.39 is 11.0 Å². The minimum absolute atomic E-state index is 0.118. The number of hydrogen-bond donors (Lipinski definition) is 2. The van der Waals surface area contributed by atoms with Gasteiger partial charge in [0.25, 0.3) is 0 Å². The molecule has 0 radical (unpaired) electrons. The summed E-state index contributed by atoms with van der Waals surface area (Å²) in [5, 5.41) is 16.3. The molecule has 0 bridgehead atoms. The van der Waals surface area contributed by atoms with Crippen LogP contribution in [-0.2, 0) is 10.2 Å². The first-order chi connectivity index (χ1) is 11.4. The Hall–Kier alpha value is -2.34. The van der Waals surface area contributed by atoms with E-state index in [1.807, 2.05) is 30.3 Å². The molecule has 128 valence electrons. The Balaban J connectivity index is 1.83. The lowest BCUT2D eigenvalue weighted by Gasteiger charge is -2.26. The third-order valence-electron chi connectivity index (χ3n) is 4.39. The largest absolute Gasteiger partial charge is 0.497 e. The van der Waals surface area contributed by atoms with Crippen LogP contribution in [-0.4, -0.2) is 35.4 Å². The molecule has 1 heterocycles. The number of methoxy groups -OCH3 is 1. The maximum Gasteiger partial charge on any atom is 0.232 e. The number of nitrogens with one attached hydrogen (secondary N) is 1. The fourth-order valence-electron chi connectivity index (χ4n) is 2.60. The van der Waals surface area contributed by atoms with E-state index in [9.17, 15) is 9.90 Å². The summed E-state index contributed by atoms with van der Waals surface area (Å²) in [4.78, 5) is 12.6. The second-order valence-electron chi connectivity index (χ2n) is 6.89. The standard InChI is InChI=1S/C18H22N2O4/c1-17(2,11-21)19-16(22)18(7-8-18)15-10-14(24-20-15)12-5-4-6-13(9-12)23-3/h4-6,9-10,21H,7-8,11H2,1-3H3,(H,19,22). The van der Waals surface area contributed by atoms with Crippen LogP contribution in [0.4, 0.5) is 0 Å². The molecule has 1 saturated carbocycles. The quantitative estimate of drug-likeness (QED) is 0.849. The van der Waals surface area contributed by atoms with Crippen LogP contribution < -0.4 is 10.1 Å². The normalized spacial score (nSPS) is 15.8. The Morgan fingerprint density at radius 1 is 1.42 bits per heavy atom. The molecule has 2 aromatic rings. The third kappa shape index (κ3) is 3.01. The number of nitrogens with zero attached hydrogens (tertiary/aromatic N) is 1. The van der Waals surface area contributed by atoms with Gasteiger partial charge in [-0.05, 0) is 38.8 Å². The van der Waals surface area contributed by atoms with Gasteiger partial charge >= 0.3 is 0 Å². The number of benzene rings is 1. The molecule has 0 atom stereocenters. The van der Waals surface area contributed by atoms with Crippen molar-refractivity contribution < 1.29 is 19.2 Å². The van der Waals surface area contributed by atoms with Crippen LogP contribution in [0.1, 0.15) is 32.4 Å². The van der Waals surface area contributed by atoms with Crippen LogP contribution in [0.2, 0.25) is 0 Å². The lowest BCUT2D eigenvalue weighted by Crippen LogP contribution is -2.50. The van der Waals surface area contributed by atoms with Crippen LogP contribution in [0.25, 0.3) is 11.3 Å². The summed E-state index contributed by atoms with van der Waals surface area (Å²) >= 11 is 0. The summed E-state index contributed by atoms with van der Waals surface area (Å²) in [6.07, 6.45) is 1.45. The first-order valence-electron chi connectivity index (χ1n) is 7.95. The molecule has 1 aromatic carbocycles. The van der Waals surface area contributed by atoms with Crippen molar-refractivity contribution in [3.63, 3.8) is 0 Å². The van der Waals surface area contributed by atoms with E-state index in [2.05, 4.69) is 10.5 Å². The van der Waals surface area contributed by atoms with Crippen LogP contribution in [0.15, 0.2) is 34.9 Å². The topological polar surface area (TPSA) is 84.6 Å². The van der Waals surface area contributed by atoms with E-state index >= 15 is 0 Å². The summed E-state index contributed by atoms with van der Waals surface area (Å²) in [6.45, 7) is 3.44. The summed E-state index contributed by atoms with van der Waals surface area (Å²) in [7, 11) is 1.61. The highest BCUT2D eigenvalue weighted by Gasteiger charge is 2.54. The Bertz CT molecular complexity index is 747. The van der Waals surface area contributed by atoms with Gasteiger partial charge < -0.3 is 19.7 Å². The highest BCUT2D eigenvalue weighted by Crippen LogP contribution is 2.49. The Labute approximate surface area is 140 Å². The summed E-state index contributed by atoms with van der Waals surface area (Å²) in [5.41, 5.74) is 0.172. The number of rotatable bonds is 6. The van der Waals surface area contributed by atoms with Crippen molar-refractivity contribution >= 4 is 5.91 Å². The molecule has 6 heteroatoms. The zero-order valence-electron chi connectivity index (χ0n) is 14.1. The molecule has 1 amide bonds. The second kappa shape index (κ2) is 5.94. The zero-order valence-corrected chi connectivity index (χ0v) is 14.1. The molecule has 1 aromatic heterocycles. The SMILES string of the molecule is COc1cccc(-c2cc(C3(C(=O)NC(C)(C)CO)CC3)no2)c1. The summed E-state index contributed by atoms with van der Waals surface area (Å²) in [6, 6.07) is 9.31. The van der Waals surface area contributed by atoms with E-state index in [-0.39, 0.29) is 12.5 Å². The Morgan fingerprint density at radius 3 is 2.79 bits per heavy atom. The maximum absolute atomic E-state index is 12.6. The average molecular weight is 330 g/mol. The molecule has 0 spiro atoms. The van der Waals surface area contributed by atoms with Gasteiger partial charge in [0.1, 0.15) is 5.75 Å². The lowest BCUT2D eigenvalue weighted by atomic mass is 9.97. The van der Waals surface area contributed by atoms with Crippen molar-refractivity contribution in [2.24, 2.45) is 0 Å². The van der Waals surface area contributed by atoms with Crippen molar-refractivity contribution in [1.29, 1.82) is 0 Å². The molecule has 3 rings (SSSR count). The van der Waals surface area contributed by atoms with Crippen LogP contribution in [0, 0.1) is 0 Å². The Morgan fingerprint density at radius 2 is 2.17 bits per heavy atom. The molecule has 2 N–H and O–H groups in total. The van der Waals surface area contributed by atoms with Crippen molar-refractivity contribution in [1.82, 2.24) is 10.5 Å². The fourth-order valence-corrected chi connectivity index (χ4v) is 2.60. The molecule has 0 unspecified atom stereocenters. The second-order valence-corrected chi connectivity index (χ2v) is 6.89. The highest BCUT2D eigenvalue weighted by atomic mass is 16.5. The van der Waals surface area contributed by atoms with E-state index in [1.54, 1.807) is 21.0 Å². The number of aliphatic hydroxyl groups is 1. The highest BCUT2D eigenvalue weighted by molar-refractivity contribution is 5.91. The average Bonchev–Trinajstić information content (AvgIpc) is 3.25. The van der Waals surface area contributed by atoms with Gasteiger partial charge in [-0.3, -0.25) is 4.79 Å². The molecule has 1 aliphatic rings. The molecule has 1 aliphatic carbocycles. The van der Waals surface area contributed by atoms with Crippen molar-refractivity contribution in [2.45, 2.75) is 37.6 Å². The van der Waals surface area contributed by atoms with Crippen molar-refractivity contribution in [3.8, 4) is 17.1 Å². The number of carbonyl (C=O) groups is 1. The number of hydrogen-bond acceptors (Lipinski definition) is 5. The van der Waals surface area contributed by atoms with Gasteiger partial charge in [-0.25, -0.2) is 0 Å². The fraction of sp³-hybridized carbons (Fsp3) is 0.444. The van der Waals surface area contributed by atoms with Gasteiger partial charge in [0, 0.05) is 11.6 Å². The number of amides is 1. The number of aliphatic hydroxyl groups excluding tert-OH is 1. The van der Waals surface area contributed by atoms with Gasteiger partial charge in [-0.2, -0.15) is 0 Å². The molecular weight excluding hydrogens is 308 g/mol. The number of aromatic nitrogens is 1. The number of ether oxygens (including phenoxy) is 1. The maximum atomic E-state index is 12.6. The van der Waals surface area contributed by atoms with Crippen LogP contribution in [0.3, 0.4) is 0 Å². The van der Waals surface area contributed by atoms with Gasteiger partial charge in [0.2, 0.25) is 5.91 Å². The minimum atomic E-state index is -0.661. The minimum Gasteiger partial charge on any atom is -0.497 e. The van der Waals surface area contributed by atoms with Gasteiger partial charge in [-0.1, -0.05) is 17.3 Å². The molecule has 24 heavy (non-hydrogen) atoms. The van der Waals surface area contributed by atoms with Gasteiger partial charge in [0.05, 0.1) is 30.4 Å². The molecule has 6 nitrogen and oxygen atoms in total. The summed E-state index contributed by atoms with van der Waals surface area (Å²) in [5.74, 6) is 1.21. The van der Waals surface area contributed by atoms with Gasteiger partial charge in [0.15, 0.2) is 5.76 Å². The van der Waals surface area contributed by atoms with Crippen LogP contribution in [0.5, 0.6) is 5.75 Å². The predicted molar refractivity (Wildman–Crippen MR) is 88.7 cm³/mol. The van der Waals surface area contributed by atoms with E-state index in [0.717, 1.165) is 24.2 Å². The summed E-state index contributed by atoms with van der Waals surface area (Å²) < 4.78 is 10.7.